The van der Waals surface area contributed by atoms with Crippen LogP contribution in [0.25, 0.3) is 0 Å². The van der Waals surface area contributed by atoms with Crippen molar-refractivity contribution >= 4 is 46.6 Å². The van der Waals surface area contributed by atoms with Crippen LogP contribution >= 0.6 is 23.2 Å². The third-order valence-corrected chi connectivity index (χ3v) is 7.77. The fourth-order valence-corrected chi connectivity index (χ4v) is 5.95. The molecule has 33 heavy (non-hydrogen) atoms. The largest absolute Gasteiger partial charge is 0.282 e. The Labute approximate surface area is 199 Å². The van der Waals surface area contributed by atoms with Crippen LogP contribution in [0.5, 0.6) is 0 Å². The smallest absolute Gasteiger partial charge is 0.272 e. The molecule has 10 heteroatoms. The zero-order chi connectivity index (χ0) is 23.4. The Bertz CT molecular complexity index is 1170. The molecule has 0 aromatic heterocycles. The summed E-state index contributed by atoms with van der Waals surface area (Å²) >= 11 is 12.1. The summed E-state index contributed by atoms with van der Waals surface area (Å²) in [5.74, 6) is -2.24. The molecule has 0 unspecified atom stereocenters. The maximum Gasteiger partial charge on any atom is 0.282 e. The number of imide groups is 1. The van der Waals surface area contributed by atoms with Crippen molar-refractivity contribution in [3.8, 4) is 0 Å². The first-order chi connectivity index (χ1) is 15.8. The SMILES string of the molecule is O=C(c1ccccc1[N+](=O)[O-])N(Cc1ccc(Cl)c(Cl)c1)N1C(=O)[C@@H]2[C@H]3CC[C@@H](C3)[C@H]2C1=O. The van der Waals surface area contributed by atoms with Crippen molar-refractivity contribution in [2.75, 3.05) is 0 Å². The number of hydrogen-bond donors (Lipinski definition) is 0. The summed E-state index contributed by atoms with van der Waals surface area (Å²) in [5.41, 5.74) is -0.0823. The quantitative estimate of drug-likeness (QED) is 0.351. The number of fused-ring (bicyclic) bond motifs is 5. The molecule has 0 N–H and O–H groups in total. The predicted octanol–water partition coefficient (Wildman–Crippen LogP) is 4.49. The summed E-state index contributed by atoms with van der Waals surface area (Å²) in [6.07, 6.45) is 2.64. The van der Waals surface area contributed by atoms with Crippen molar-refractivity contribution in [3.63, 3.8) is 0 Å². The first-order valence-electron chi connectivity index (χ1n) is 10.6. The van der Waals surface area contributed by atoms with Crippen molar-refractivity contribution < 1.29 is 19.3 Å². The second kappa shape index (κ2) is 8.11. The Hall–Kier alpha value is -2.97. The number of hydrogen-bond acceptors (Lipinski definition) is 5. The van der Waals surface area contributed by atoms with Gasteiger partial charge in [-0.05, 0) is 54.9 Å². The van der Waals surface area contributed by atoms with E-state index in [1.54, 1.807) is 18.2 Å². The van der Waals surface area contributed by atoms with Gasteiger partial charge in [0.25, 0.3) is 23.4 Å². The lowest BCUT2D eigenvalue weighted by atomic mass is 9.81. The highest BCUT2D eigenvalue weighted by Gasteiger charge is 2.62. The number of nitrogens with zero attached hydrogens (tertiary/aromatic N) is 3. The third kappa shape index (κ3) is 3.48. The first kappa shape index (κ1) is 21.9. The predicted molar refractivity (Wildman–Crippen MR) is 119 cm³/mol. The molecule has 1 aliphatic heterocycles. The summed E-state index contributed by atoms with van der Waals surface area (Å²) in [6.45, 7) is -0.173. The van der Waals surface area contributed by atoms with E-state index >= 15 is 0 Å². The van der Waals surface area contributed by atoms with Crippen molar-refractivity contribution in [1.29, 1.82) is 0 Å². The summed E-state index contributed by atoms with van der Waals surface area (Å²) in [5, 5.41) is 14.1. The molecule has 5 rings (SSSR count). The van der Waals surface area contributed by atoms with Gasteiger partial charge in [-0.2, -0.15) is 5.01 Å². The second-order valence-electron chi connectivity index (χ2n) is 8.76. The third-order valence-electron chi connectivity index (χ3n) is 7.03. The van der Waals surface area contributed by atoms with E-state index in [-0.39, 0.29) is 29.0 Å². The van der Waals surface area contributed by atoms with E-state index < -0.39 is 40.2 Å². The molecule has 2 aromatic rings. The number of carbonyl (C=O) groups is 3. The summed E-state index contributed by atoms with van der Waals surface area (Å²) in [7, 11) is 0. The molecule has 2 bridgehead atoms. The number of benzene rings is 2. The van der Waals surface area contributed by atoms with Crippen LogP contribution in [0, 0.1) is 33.8 Å². The molecule has 1 saturated heterocycles. The van der Waals surface area contributed by atoms with Crippen LogP contribution < -0.4 is 0 Å². The molecule has 3 fully saturated rings. The first-order valence-corrected chi connectivity index (χ1v) is 11.4. The summed E-state index contributed by atoms with van der Waals surface area (Å²) in [6, 6.07) is 10.2. The topological polar surface area (TPSA) is 101 Å². The maximum absolute atomic E-state index is 13.6. The van der Waals surface area contributed by atoms with Gasteiger partial charge in [0, 0.05) is 6.07 Å². The summed E-state index contributed by atoms with van der Waals surface area (Å²) in [4.78, 5) is 51.4. The molecule has 170 valence electrons. The minimum absolute atomic E-state index is 0.134. The van der Waals surface area contributed by atoms with Crippen molar-refractivity contribution in [2.45, 2.75) is 25.8 Å². The number of amides is 3. The highest BCUT2D eigenvalue weighted by molar-refractivity contribution is 6.42. The van der Waals surface area contributed by atoms with Crippen LogP contribution in [0.3, 0.4) is 0 Å². The molecule has 0 radical (unpaired) electrons. The van der Waals surface area contributed by atoms with Crippen molar-refractivity contribution in [2.24, 2.45) is 23.7 Å². The van der Waals surface area contributed by atoms with Crippen LogP contribution in [0.2, 0.25) is 10.0 Å². The molecule has 0 spiro atoms. The van der Waals surface area contributed by atoms with Gasteiger partial charge in [0.05, 0.1) is 33.3 Å². The number of carbonyl (C=O) groups excluding carboxylic acids is 3. The van der Waals surface area contributed by atoms with Gasteiger partial charge in [0.15, 0.2) is 0 Å². The fraction of sp³-hybridized carbons (Fsp3) is 0.348. The van der Waals surface area contributed by atoms with Gasteiger partial charge in [-0.3, -0.25) is 24.5 Å². The van der Waals surface area contributed by atoms with Gasteiger partial charge in [-0.15, -0.1) is 0 Å². The monoisotopic (exact) mass is 487 g/mol. The van der Waals surface area contributed by atoms with E-state index in [1.807, 2.05) is 0 Å². The van der Waals surface area contributed by atoms with E-state index in [9.17, 15) is 24.5 Å². The van der Waals surface area contributed by atoms with E-state index in [0.29, 0.717) is 10.6 Å². The van der Waals surface area contributed by atoms with E-state index in [1.165, 1.54) is 24.3 Å². The van der Waals surface area contributed by atoms with Crippen LogP contribution in [0.1, 0.15) is 35.2 Å². The molecular weight excluding hydrogens is 469 g/mol. The minimum Gasteiger partial charge on any atom is -0.272 e. The summed E-state index contributed by atoms with van der Waals surface area (Å²) < 4.78 is 0. The standard InChI is InChI=1S/C23H19Cl2N3O5/c24-16-8-5-12(9-17(16)25)11-26(21(29)15-3-1-2-4-18(15)28(32)33)27-22(30)19-13-6-7-14(10-13)20(19)23(27)31/h1-5,8-9,13-14,19-20H,6-7,10-11H2/t13-,14-,19+,20+/m0/s1. The van der Waals surface area contributed by atoms with Gasteiger partial charge in [-0.1, -0.05) is 41.4 Å². The number of hydrazine groups is 1. The van der Waals surface area contributed by atoms with Crippen LogP contribution in [-0.4, -0.2) is 32.7 Å². The number of nitro benzene ring substituents is 1. The number of halogens is 2. The highest BCUT2D eigenvalue weighted by atomic mass is 35.5. The molecule has 2 aromatic carbocycles. The average molecular weight is 488 g/mol. The van der Waals surface area contributed by atoms with E-state index in [4.69, 9.17) is 23.2 Å². The van der Waals surface area contributed by atoms with Crippen molar-refractivity contribution in [3.05, 3.63) is 73.8 Å². The lowest BCUT2D eigenvalue weighted by Gasteiger charge is -2.31. The zero-order valence-electron chi connectivity index (χ0n) is 17.3. The number of para-hydroxylation sites is 1. The zero-order valence-corrected chi connectivity index (χ0v) is 18.8. The van der Waals surface area contributed by atoms with Gasteiger partial charge in [0.2, 0.25) is 0 Å². The van der Waals surface area contributed by atoms with Crippen LogP contribution in [-0.2, 0) is 16.1 Å². The molecule has 3 amide bonds. The van der Waals surface area contributed by atoms with Crippen LogP contribution in [0.15, 0.2) is 42.5 Å². The molecule has 8 nitrogen and oxygen atoms in total. The van der Waals surface area contributed by atoms with Gasteiger partial charge < -0.3 is 0 Å². The minimum atomic E-state index is -0.803. The molecule has 2 saturated carbocycles. The molecular formula is C23H19Cl2N3O5. The van der Waals surface area contributed by atoms with Crippen LogP contribution in [0.4, 0.5) is 5.69 Å². The van der Waals surface area contributed by atoms with Gasteiger partial charge in [0.1, 0.15) is 5.56 Å². The molecule has 1 heterocycles. The molecule has 2 aliphatic carbocycles. The van der Waals surface area contributed by atoms with Crippen molar-refractivity contribution in [1.82, 2.24) is 10.0 Å². The molecule has 4 atom stereocenters. The van der Waals surface area contributed by atoms with Gasteiger partial charge in [-0.25, -0.2) is 5.01 Å². The Kier molecular flexibility index (Phi) is 5.37. The Morgan fingerprint density at radius 1 is 1.03 bits per heavy atom. The fourth-order valence-electron chi connectivity index (χ4n) is 5.63. The number of rotatable bonds is 5. The highest BCUT2D eigenvalue weighted by Crippen LogP contribution is 2.56. The number of nitro groups is 1. The Morgan fingerprint density at radius 2 is 1.67 bits per heavy atom. The Balaban J connectivity index is 1.57. The lowest BCUT2D eigenvalue weighted by molar-refractivity contribution is -0.385. The normalized spacial score (nSPS) is 25.5. The van der Waals surface area contributed by atoms with Gasteiger partial charge >= 0.3 is 0 Å². The second-order valence-corrected chi connectivity index (χ2v) is 9.57. The average Bonchev–Trinajstić information content (AvgIpc) is 3.48. The van der Waals surface area contributed by atoms with E-state index in [0.717, 1.165) is 29.3 Å². The maximum atomic E-state index is 13.6. The Morgan fingerprint density at radius 3 is 2.27 bits per heavy atom. The van der Waals surface area contributed by atoms with E-state index in [2.05, 4.69) is 0 Å². The molecule has 3 aliphatic rings. The lowest BCUT2D eigenvalue weighted by Crippen LogP contribution is -2.50.